The van der Waals surface area contributed by atoms with E-state index in [0.29, 0.717) is 19.7 Å². The Morgan fingerprint density at radius 3 is 3.12 bits per heavy atom. The third kappa shape index (κ3) is 2.95. The summed E-state index contributed by atoms with van der Waals surface area (Å²) in [6.07, 6.45) is 0.921. The van der Waals surface area contributed by atoms with Crippen LogP contribution in [0.4, 0.5) is 0 Å². The van der Waals surface area contributed by atoms with E-state index in [4.69, 9.17) is 10.5 Å². The van der Waals surface area contributed by atoms with Crippen LogP contribution in [0.2, 0.25) is 0 Å². The molecule has 1 aromatic rings. The number of rotatable bonds is 3. The minimum absolute atomic E-state index is 0. The van der Waals surface area contributed by atoms with Crippen LogP contribution in [-0.4, -0.2) is 25.6 Å². The molecule has 0 bridgehead atoms. The van der Waals surface area contributed by atoms with Crippen LogP contribution in [0.1, 0.15) is 20.1 Å². The van der Waals surface area contributed by atoms with Crippen molar-refractivity contribution in [3.8, 4) is 0 Å². The van der Waals surface area contributed by atoms with E-state index < -0.39 is 0 Å². The lowest BCUT2D eigenvalue weighted by Crippen LogP contribution is -2.28. The van der Waals surface area contributed by atoms with Crippen LogP contribution in [0.25, 0.3) is 0 Å². The van der Waals surface area contributed by atoms with Crippen molar-refractivity contribution in [2.75, 3.05) is 19.7 Å². The molecule has 0 unspecified atom stereocenters. The minimum atomic E-state index is -0.0279. The van der Waals surface area contributed by atoms with E-state index in [1.807, 2.05) is 6.07 Å². The second-order valence-corrected chi connectivity index (χ2v) is 4.54. The van der Waals surface area contributed by atoms with E-state index in [2.05, 4.69) is 5.32 Å². The number of amides is 1. The molecule has 0 aliphatic carbocycles. The first-order valence-electron chi connectivity index (χ1n) is 4.99. The van der Waals surface area contributed by atoms with Gasteiger partial charge >= 0.3 is 0 Å². The van der Waals surface area contributed by atoms with E-state index in [1.165, 1.54) is 4.88 Å². The van der Waals surface area contributed by atoms with Crippen LogP contribution >= 0.6 is 23.7 Å². The molecular weight excluding hydrogens is 248 g/mol. The van der Waals surface area contributed by atoms with Crippen molar-refractivity contribution in [2.24, 2.45) is 5.73 Å². The molecular formula is C10H15ClN2O2S. The zero-order valence-corrected chi connectivity index (χ0v) is 10.5. The Morgan fingerprint density at radius 2 is 2.44 bits per heavy atom. The number of carbonyl (C=O) groups is 1. The van der Waals surface area contributed by atoms with E-state index in [-0.39, 0.29) is 18.3 Å². The van der Waals surface area contributed by atoms with Gasteiger partial charge < -0.3 is 15.8 Å². The van der Waals surface area contributed by atoms with Crippen LogP contribution in [-0.2, 0) is 17.8 Å². The molecule has 0 aromatic carbocycles. The molecule has 90 valence electrons. The molecule has 6 heteroatoms. The van der Waals surface area contributed by atoms with Gasteiger partial charge in [0.2, 0.25) is 0 Å². The third-order valence-electron chi connectivity index (χ3n) is 2.28. The molecule has 0 atom stereocenters. The highest BCUT2D eigenvalue weighted by Crippen LogP contribution is 2.26. The molecule has 0 spiro atoms. The molecule has 1 aliphatic rings. The molecule has 0 radical (unpaired) electrons. The van der Waals surface area contributed by atoms with Gasteiger partial charge in [-0.3, -0.25) is 4.79 Å². The van der Waals surface area contributed by atoms with E-state index in [1.54, 1.807) is 11.3 Å². The lowest BCUT2D eigenvalue weighted by molar-refractivity contribution is 0.0958. The van der Waals surface area contributed by atoms with Crippen molar-refractivity contribution in [1.29, 1.82) is 0 Å². The van der Waals surface area contributed by atoms with E-state index in [0.717, 1.165) is 23.5 Å². The maximum atomic E-state index is 11.6. The van der Waals surface area contributed by atoms with Crippen molar-refractivity contribution in [1.82, 2.24) is 5.32 Å². The summed E-state index contributed by atoms with van der Waals surface area (Å²) in [5.41, 5.74) is 6.48. The average Bonchev–Trinajstić information content (AvgIpc) is 2.69. The first-order chi connectivity index (χ1) is 7.31. The van der Waals surface area contributed by atoms with Gasteiger partial charge in [-0.15, -0.1) is 23.7 Å². The van der Waals surface area contributed by atoms with Gasteiger partial charge in [-0.2, -0.15) is 0 Å². The second kappa shape index (κ2) is 6.20. The Kier molecular flexibility index (Phi) is 5.21. The number of nitrogens with two attached hydrogens (primary N) is 1. The van der Waals surface area contributed by atoms with Gasteiger partial charge in [-0.1, -0.05) is 0 Å². The quantitative estimate of drug-likeness (QED) is 0.852. The van der Waals surface area contributed by atoms with Crippen molar-refractivity contribution >= 4 is 29.7 Å². The van der Waals surface area contributed by atoms with Crippen molar-refractivity contribution < 1.29 is 9.53 Å². The first kappa shape index (κ1) is 13.4. The highest BCUT2D eigenvalue weighted by Gasteiger charge is 2.16. The van der Waals surface area contributed by atoms with E-state index in [9.17, 15) is 4.79 Å². The Morgan fingerprint density at radius 1 is 1.62 bits per heavy atom. The Hall–Kier alpha value is -0.620. The predicted molar refractivity (Wildman–Crippen MR) is 66.3 cm³/mol. The SMILES string of the molecule is Cl.NCCNC(=O)c1cc2c(s1)CCOC2. The van der Waals surface area contributed by atoms with Crippen LogP contribution in [0.5, 0.6) is 0 Å². The lowest BCUT2D eigenvalue weighted by atomic mass is 10.2. The average molecular weight is 263 g/mol. The molecule has 1 aromatic heterocycles. The number of ether oxygens (including phenoxy) is 1. The maximum absolute atomic E-state index is 11.6. The predicted octanol–water partition coefficient (Wildman–Crippen LogP) is 0.931. The molecule has 4 nitrogen and oxygen atoms in total. The maximum Gasteiger partial charge on any atom is 0.261 e. The Bertz CT molecular complexity index is 344. The lowest BCUT2D eigenvalue weighted by Gasteiger charge is -2.10. The molecule has 2 rings (SSSR count). The van der Waals surface area contributed by atoms with Crippen molar-refractivity contribution in [3.63, 3.8) is 0 Å². The van der Waals surface area contributed by atoms with Crippen LogP contribution < -0.4 is 11.1 Å². The number of hydrogen-bond acceptors (Lipinski definition) is 4. The van der Waals surface area contributed by atoms with Gasteiger partial charge in [0.05, 0.1) is 18.1 Å². The van der Waals surface area contributed by atoms with Crippen molar-refractivity contribution in [2.45, 2.75) is 13.0 Å². The summed E-state index contributed by atoms with van der Waals surface area (Å²) in [5.74, 6) is -0.0279. The fraction of sp³-hybridized carbons (Fsp3) is 0.500. The molecule has 2 heterocycles. The van der Waals surface area contributed by atoms with Gasteiger partial charge in [0.15, 0.2) is 0 Å². The number of carbonyl (C=O) groups excluding carboxylic acids is 1. The number of fused-ring (bicyclic) bond motifs is 1. The largest absolute Gasteiger partial charge is 0.376 e. The van der Waals surface area contributed by atoms with Gasteiger partial charge in [-0.05, 0) is 11.6 Å². The third-order valence-corrected chi connectivity index (χ3v) is 3.52. The van der Waals surface area contributed by atoms with Crippen LogP contribution in [0.3, 0.4) is 0 Å². The van der Waals surface area contributed by atoms with Gasteiger partial charge in [0.25, 0.3) is 5.91 Å². The number of hydrogen-bond donors (Lipinski definition) is 2. The first-order valence-corrected chi connectivity index (χ1v) is 5.80. The summed E-state index contributed by atoms with van der Waals surface area (Å²) in [6, 6.07) is 1.92. The number of thiophene rings is 1. The standard InChI is InChI=1S/C10H14N2O2S.ClH/c11-2-3-12-10(13)9-5-7-6-14-4-1-8(7)15-9;/h5H,1-4,6,11H2,(H,12,13);1H. The number of halogens is 1. The highest BCUT2D eigenvalue weighted by atomic mass is 35.5. The van der Waals surface area contributed by atoms with Crippen molar-refractivity contribution in [3.05, 3.63) is 21.4 Å². The molecule has 1 aliphatic heterocycles. The fourth-order valence-corrected chi connectivity index (χ4v) is 2.60. The van der Waals surface area contributed by atoms with Crippen LogP contribution in [0.15, 0.2) is 6.07 Å². The van der Waals surface area contributed by atoms with Gasteiger partial charge in [0.1, 0.15) is 0 Å². The summed E-state index contributed by atoms with van der Waals surface area (Å²) in [7, 11) is 0. The Labute approximate surface area is 105 Å². The monoisotopic (exact) mass is 262 g/mol. The minimum Gasteiger partial charge on any atom is -0.376 e. The summed E-state index contributed by atoms with van der Waals surface area (Å²) < 4.78 is 5.33. The topological polar surface area (TPSA) is 64.3 Å². The molecule has 16 heavy (non-hydrogen) atoms. The summed E-state index contributed by atoms with van der Waals surface area (Å²) in [6.45, 7) is 2.39. The second-order valence-electron chi connectivity index (χ2n) is 3.41. The summed E-state index contributed by atoms with van der Waals surface area (Å²) >= 11 is 1.56. The van der Waals surface area contributed by atoms with E-state index >= 15 is 0 Å². The normalized spacial score (nSPS) is 13.8. The smallest absolute Gasteiger partial charge is 0.261 e. The zero-order valence-electron chi connectivity index (χ0n) is 8.82. The zero-order chi connectivity index (χ0) is 10.7. The Balaban J connectivity index is 0.00000128. The summed E-state index contributed by atoms with van der Waals surface area (Å²) in [5, 5.41) is 2.76. The molecule has 0 saturated heterocycles. The van der Waals surface area contributed by atoms with Crippen LogP contribution in [0, 0.1) is 0 Å². The molecule has 0 saturated carbocycles. The molecule has 0 fully saturated rings. The number of nitrogens with one attached hydrogen (secondary N) is 1. The molecule has 1 amide bonds. The summed E-state index contributed by atoms with van der Waals surface area (Å²) in [4.78, 5) is 13.7. The molecule has 3 N–H and O–H groups in total. The van der Waals surface area contributed by atoms with Gasteiger partial charge in [0, 0.05) is 24.4 Å². The fourth-order valence-electron chi connectivity index (χ4n) is 1.53. The van der Waals surface area contributed by atoms with Gasteiger partial charge in [-0.25, -0.2) is 0 Å². The highest BCUT2D eigenvalue weighted by molar-refractivity contribution is 7.14.